The molecule has 0 saturated carbocycles. The van der Waals surface area contributed by atoms with Crippen molar-refractivity contribution < 1.29 is 19.1 Å². The fourth-order valence-electron chi connectivity index (χ4n) is 3.14. The van der Waals surface area contributed by atoms with E-state index in [1.54, 1.807) is 37.3 Å². The molecule has 1 fully saturated rings. The highest BCUT2D eigenvalue weighted by molar-refractivity contribution is 5.92. The number of amides is 2. The molecule has 144 valence electrons. The van der Waals surface area contributed by atoms with E-state index in [2.05, 4.69) is 11.8 Å². The minimum Gasteiger partial charge on any atom is -0.493 e. The van der Waals surface area contributed by atoms with Crippen LogP contribution in [0.4, 0.5) is 5.69 Å². The number of methoxy groups -OCH3 is 2. The smallest absolute Gasteiger partial charge is 0.224 e. The van der Waals surface area contributed by atoms with Gasteiger partial charge in [0.2, 0.25) is 11.8 Å². The van der Waals surface area contributed by atoms with Crippen LogP contribution in [-0.2, 0) is 9.59 Å². The molecule has 26 heavy (non-hydrogen) atoms. The summed E-state index contributed by atoms with van der Waals surface area (Å²) in [4.78, 5) is 30.4. The minimum absolute atomic E-state index is 0.0903. The summed E-state index contributed by atoms with van der Waals surface area (Å²) in [6.45, 7) is 8.32. The Morgan fingerprint density at radius 3 is 2.27 bits per heavy atom. The van der Waals surface area contributed by atoms with Crippen LogP contribution in [0.5, 0.6) is 11.5 Å². The first-order valence-electron chi connectivity index (χ1n) is 9.00. The van der Waals surface area contributed by atoms with Crippen molar-refractivity contribution in [2.45, 2.75) is 20.3 Å². The lowest BCUT2D eigenvalue weighted by atomic mass is 10.2. The molecule has 1 aliphatic heterocycles. The summed E-state index contributed by atoms with van der Waals surface area (Å²) in [6, 6.07) is 5.31. The molecule has 1 saturated heterocycles. The van der Waals surface area contributed by atoms with Crippen molar-refractivity contribution in [2.75, 3.05) is 58.4 Å². The zero-order chi connectivity index (χ0) is 19.1. The van der Waals surface area contributed by atoms with Crippen molar-refractivity contribution in [2.24, 2.45) is 0 Å². The van der Waals surface area contributed by atoms with Crippen molar-refractivity contribution in [3.63, 3.8) is 0 Å². The number of anilines is 1. The van der Waals surface area contributed by atoms with Gasteiger partial charge in [0.05, 0.1) is 14.2 Å². The Morgan fingerprint density at radius 2 is 1.73 bits per heavy atom. The number of benzene rings is 1. The van der Waals surface area contributed by atoms with Gasteiger partial charge in [0.15, 0.2) is 11.5 Å². The molecule has 0 N–H and O–H groups in total. The summed E-state index contributed by atoms with van der Waals surface area (Å²) in [5.74, 6) is 1.14. The van der Waals surface area contributed by atoms with Gasteiger partial charge in [0.1, 0.15) is 0 Å². The minimum atomic E-state index is -0.110. The molecule has 0 atom stereocenters. The lowest BCUT2D eigenvalue weighted by molar-refractivity contribution is -0.132. The molecule has 0 bridgehead atoms. The van der Waals surface area contributed by atoms with E-state index in [0.29, 0.717) is 30.2 Å². The Labute approximate surface area is 155 Å². The highest BCUT2D eigenvalue weighted by atomic mass is 16.5. The van der Waals surface area contributed by atoms with E-state index < -0.39 is 0 Å². The van der Waals surface area contributed by atoms with Gasteiger partial charge in [0.25, 0.3) is 0 Å². The van der Waals surface area contributed by atoms with E-state index in [9.17, 15) is 9.59 Å². The number of likely N-dealkylation sites (N-methyl/N-ethyl adjacent to an activating group) is 1. The predicted molar refractivity (Wildman–Crippen MR) is 101 cm³/mol. The van der Waals surface area contributed by atoms with Gasteiger partial charge in [-0.2, -0.15) is 0 Å². The Balaban J connectivity index is 2.00. The molecule has 2 rings (SSSR count). The van der Waals surface area contributed by atoms with Gasteiger partial charge in [-0.15, -0.1) is 0 Å². The van der Waals surface area contributed by atoms with Crippen LogP contribution in [0.25, 0.3) is 0 Å². The normalized spacial score (nSPS) is 14.8. The average molecular weight is 363 g/mol. The first-order chi connectivity index (χ1) is 12.5. The van der Waals surface area contributed by atoms with Gasteiger partial charge in [-0.25, -0.2) is 0 Å². The summed E-state index contributed by atoms with van der Waals surface area (Å²) in [5, 5.41) is 0. The van der Waals surface area contributed by atoms with E-state index in [0.717, 1.165) is 32.7 Å². The second-order valence-electron chi connectivity index (χ2n) is 6.27. The highest BCUT2D eigenvalue weighted by Crippen LogP contribution is 2.31. The van der Waals surface area contributed by atoms with Crippen LogP contribution in [0.15, 0.2) is 18.2 Å². The third-order valence-corrected chi connectivity index (χ3v) is 4.78. The van der Waals surface area contributed by atoms with Crippen molar-refractivity contribution in [1.29, 1.82) is 0 Å². The Bertz CT molecular complexity index is 627. The van der Waals surface area contributed by atoms with Crippen LogP contribution in [0, 0.1) is 0 Å². The standard InChI is InChI=1S/C19H29N3O4/c1-5-20-10-12-21(13-11-20)19(24)8-9-22(15(2)23)16-6-7-17(25-3)18(14-16)26-4/h6-7,14H,5,8-13H2,1-4H3. The summed E-state index contributed by atoms with van der Waals surface area (Å²) in [7, 11) is 3.12. The SMILES string of the molecule is CCN1CCN(C(=O)CCN(C(C)=O)c2ccc(OC)c(OC)c2)CC1. The number of hydrogen-bond acceptors (Lipinski definition) is 5. The summed E-state index contributed by atoms with van der Waals surface area (Å²) in [5.41, 5.74) is 0.693. The topological polar surface area (TPSA) is 62.3 Å². The van der Waals surface area contributed by atoms with Gasteiger partial charge in [-0.3, -0.25) is 9.59 Å². The number of carbonyl (C=O) groups excluding carboxylic acids is 2. The molecule has 0 aromatic heterocycles. The van der Waals surface area contributed by atoms with Crippen molar-refractivity contribution in [3.8, 4) is 11.5 Å². The molecule has 0 radical (unpaired) electrons. The van der Waals surface area contributed by atoms with Gasteiger partial charge in [-0.1, -0.05) is 6.92 Å². The number of ether oxygens (including phenoxy) is 2. The molecule has 2 amide bonds. The molecule has 0 spiro atoms. The zero-order valence-electron chi connectivity index (χ0n) is 16.2. The Kier molecular flexibility index (Phi) is 7.26. The van der Waals surface area contributed by atoms with Crippen molar-refractivity contribution in [3.05, 3.63) is 18.2 Å². The van der Waals surface area contributed by atoms with Crippen LogP contribution in [0.3, 0.4) is 0 Å². The highest BCUT2D eigenvalue weighted by Gasteiger charge is 2.22. The lowest BCUT2D eigenvalue weighted by Gasteiger charge is -2.34. The number of piperazine rings is 1. The van der Waals surface area contributed by atoms with Crippen molar-refractivity contribution in [1.82, 2.24) is 9.80 Å². The first kappa shape index (κ1) is 20.0. The third-order valence-electron chi connectivity index (χ3n) is 4.78. The van der Waals surface area contributed by atoms with Gasteiger partial charge in [-0.05, 0) is 18.7 Å². The second-order valence-corrected chi connectivity index (χ2v) is 6.27. The molecular formula is C19H29N3O4. The van der Waals surface area contributed by atoms with E-state index in [1.807, 2.05) is 4.90 Å². The monoisotopic (exact) mass is 363 g/mol. The van der Waals surface area contributed by atoms with Crippen molar-refractivity contribution >= 4 is 17.5 Å². The number of rotatable bonds is 7. The Hall–Kier alpha value is -2.28. The van der Waals surface area contributed by atoms with Crippen LogP contribution >= 0.6 is 0 Å². The number of carbonyl (C=O) groups is 2. The van der Waals surface area contributed by atoms with E-state index >= 15 is 0 Å². The quantitative estimate of drug-likeness (QED) is 0.737. The molecule has 0 unspecified atom stereocenters. The fourth-order valence-corrected chi connectivity index (χ4v) is 3.14. The summed E-state index contributed by atoms with van der Waals surface area (Å²) in [6.07, 6.45) is 0.306. The molecular weight excluding hydrogens is 334 g/mol. The average Bonchev–Trinajstić information content (AvgIpc) is 2.67. The fraction of sp³-hybridized carbons (Fsp3) is 0.579. The Morgan fingerprint density at radius 1 is 1.08 bits per heavy atom. The molecule has 0 aliphatic carbocycles. The zero-order valence-corrected chi connectivity index (χ0v) is 16.2. The molecule has 1 aliphatic rings. The largest absolute Gasteiger partial charge is 0.493 e. The van der Waals surface area contributed by atoms with Crippen LogP contribution in [0.1, 0.15) is 20.3 Å². The van der Waals surface area contributed by atoms with Gasteiger partial charge >= 0.3 is 0 Å². The second kappa shape index (κ2) is 9.43. The molecule has 7 heteroatoms. The molecule has 7 nitrogen and oxygen atoms in total. The lowest BCUT2D eigenvalue weighted by Crippen LogP contribution is -2.49. The van der Waals surface area contributed by atoms with E-state index in [1.165, 1.54) is 6.92 Å². The maximum atomic E-state index is 12.5. The summed E-state index contributed by atoms with van der Waals surface area (Å²) < 4.78 is 10.5. The third kappa shape index (κ3) is 4.88. The maximum Gasteiger partial charge on any atom is 0.224 e. The number of hydrogen-bond donors (Lipinski definition) is 0. The molecule has 1 aromatic rings. The maximum absolute atomic E-state index is 12.5. The summed E-state index contributed by atoms with van der Waals surface area (Å²) >= 11 is 0. The van der Waals surface area contributed by atoms with Crippen LogP contribution in [0.2, 0.25) is 0 Å². The van der Waals surface area contributed by atoms with E-state index in [-0.39, 0.29) is 11.8 Å². The molecule has 1 heterocycles. The molecule has 1 aromatic carbocycles. The van der Waals surface area contributed by atoms with Gasteiger partial charge < -0.3 is 24.2 Å². The number of nitrogens with zero attached hydrogens (tertiary/aromatic N) is 3. The predicted octanol–water partition coefficient (Wildman–Crippen LogP) is 1.61. The van der Waals surface area contributed by atoms with E-state index in [4.69, 9.17) is 9.47 Å². The van der Waals surface area contributed by atoms with Gasteiger partial charge in [0, 0.05) is 57.8 Å². The first-order valence-corrected chi connectivity index (χ1v) is 9.00. The van der Waals surface area contributed by atoms with Crippen LogP contribution in [-0.4, -0.2) is 75.1 Å². The van der Waals surface area contributed by atoms with Crippen LogP contribution < -0.4 is 14.4 Å².